The molecule has 74 valence electrons. The van der Waals surface area contributed by atoms with Crippen LogP contribution in [0.25, 0.3) is 0 Å². The molecule has 1 N–H and O–H groups in total. The first-order chi connectivity index (χ1) is 4.77. The molecule has 2 aliphatic rings. The normalized spacial score (nSPS) is 37.8. The molecule has 1 heterocycles. The lowest BCUT2D eigenvalue weighted by Crippen LogP contribution is -2.40. The summed E-state index contributed by atoms with van der Waals surface area (Å²) in [5.74, 6) is 0.944. The molecule has 0 radical (unpaired) electrons. The molecule has 3 unspecified atom stereocenters. The Labute approximate surface area is 86.9 Å². The Kier molecular flexibility index (Phi) is 4.85. The minimum atomic E-state index is 0. The van der Waals surface area contributed by atoms with Gasteiger partial charge in [0.05, 0.1) is 0 Å². The van der Waals surface area contributed by atoms with Gasteiger partial charge in [0, 0.05) is 12.1 Å². The molecule has 12 heavy (non-hydrogen) atoms. The van der Waals surface area contributed by atoms with Crippen LogP contribution in [0.3, 0.4) is 0 Å². The van der Waals surface area contributed by atoms with E-state index < -0.39 is 0 Å². The highest BCUT2D eigenvalue weighted by Gasteiger charge is 2.39. The fourth-order valence-electron chi connectivity index (χ4n) is 2.44. The van der Waals surface area contributed by atoms with E-state index in [0.29, 0.717) is 0 Å². The Morgan fingerprint density at radius 2 is 1.83 bits per heavy atom. The standard InChI is InChI=1S/C8H16N2.2ClH/c1-10(2)8-4-7-3-6(8)5-9-7;;/h6-9H,3-5H2,1-2H3;2*1H. The summed E-state index contributed by atoms with van der Waals surface area (Å²) in [6.45, 7) is 1.26. The second kappa shape index (κ2) is 4.66. The number of nitrogens with one attached hydrogen (secondary N) is 1. The summed E-state index contributed by atoms with van der Waals surface area (Å²) in [7, 11) is 4.40. The third-order valence-corrected chi connectivity index (χ3v) is 2.99. The van der Waals surface area contributed by atoms with Crippen LogP contribution >= 0.6 is 24.8 Å². The van der Waals surface area contributed by atoms with Crippen molar-refractivity contribution in [2.24, 2.45) is 5.92 Å². The topological polar surface area (TPSA) is 15.3 Å². The molecule has 1 aliphatic heterocycles. The van der Waals surface area contributed by atoms with Crippen molar-refractivity contribution in [2.75, 3.05) is 20.6 Å². The average molecular weight is 213 g/mol. The fourth-order valence-corrected chi connectivity index (χ4v) is 2.44. The number of nitrogens with zero attached hydrogens (tertiary/aromatic N) is 1. The lowest BCUT2D eigenvalue weighted by molar-refractivity contribution is 0.220. The van der Waals surface area contributed by atoms with Crippen LogP contribution in [0.15, 0.2) is 0 Å². The number of piperidine rings is 1. The van der Waals surface area contributed by atoms with E-state index >= 15 is 0 Å². The molecule has 2 rings (SSSR count). The monoisotopic (exact) mass is 212 g/mol. The van der Waals surface area contributed by atoms with Crippen LogP contribution in [0.1, 0.15) is 12.8 Å². The van der Waals surface area contributed by atoms with Crippen molar-refractivity contribution in [3.05, 3.63) is 0 Å². The minimum Gasteiger partial charge on any atom is -0.314 e. The maximum atomic E-state index is 3.51. The van der Waals surface area contributed by atoms with Gasteiger partial charge in [0.1, 0.15) is 0 Å². The molecule has 0 spiro atoms. The molecule has 0 aromatic carbocycles. The van der Waals surface area contributed by atoms with Crippen LogP contribution in [0, 0.1) is 5.92 Å². The van der Waals surface area contributed by atoms with E-state index in [9.17, 15) is 0 Å². The first kappa shape index (κ1) is 12.5. The zero-order valence-corrected chi connectivity index (χ0v) is 9.25. The van der Waals surface area contributed by atoms with Crippen LogP contribution < -0.4 is 5.32 Å². The van der Waals surface area contributed by atoms with Crippen molar-refractivity contribution in [3.8, 4) is 0 Å². The van der Waals surface area contributed by atoms with Crippen LogP contribution in [-0.2, 0) is 0 Å². The molecule has 4 heteroatoms. The second-order valence-corrected chi connectivity index (χ2v) is 3.87. The van der Waals surface area contributed by atoms with Crippen LogP contribution in [0.4, 0.5) is 0 Å². The van der Waals surface area contributed by atoms with Gasteiger partial charge < -0.3 is 10.2 Å². The molecule has 1 saturated heterocycles. The quantitative estimate of drug-likeness (QED) is 0.702. The van der Waals surface area contributed by atoms with E-state index in [2.05, 4.69) is 24.3 Å². The number of fused-ring (bicyclic) bond motifs is 2. The Morgan fingerprint density at radius 1 is 1.17 bits per heavy atom. The van der Waals surface area contributed by atoms with Crippen molar-refractivity contribution in [1.29, 1.82) is 0 Å². The molecule has 2 bridgehead atoms. The zero-order valence-electron chi connectivity index (χ0n) is 7.62. The summed E-state index contributed by atoms with van der Waals surface area (Å²) >= 11 is 0. The fraction of sp³-hybridized carbons (Fsp3) is 1.00. The first-order valence-corrected chi connectivity index (χ1v) is 4.17. The van der Waals surface area contributed by atoms with E-state index in [4.69, 9.17) is 0 Å². The number of halogens is 2. The maximum Gasteiger partial charge on any atom is 0.0145 e. The number of hydrogen-bond acceptors (Lipinski definition) is 2. The molecule has 1 saturated carbocycles. The highest BCUT2D eigenvalue weighted by Crippen LogP contribution is 2.33. The van der Waals surface area contributed by atoms with E-state index in [-0.39, 0.29) is 24.8 Å². The Morgan fingerprint density at radius 3 is 2.08 bits per heavy atom. The van der Waals surface area contributed by atoms with Crippen LogP contribution in [0.2, 0.25) is 0 Å². The molecule has 0 amide bonds. The molecule has 1 aliphatic carbocycles. The smallest absolute Gasteiger partial charge is 0.0145 e. The minimum absolute atomic E-state index is 0. The van der Waals surface area contributed by atoms with Gasteiger partial charge in [-0.1, -0.05) is 0 Å². The van der Waals surface area contributed by atoms with Crippen LogP contribution in [-0.4, -0.2) is 37.6 Å². The molecule has 2 fully saturated rings. The van der Waals surface area contributed by atoms with Gasteiger partial charge in [-0.25, -0.2) is 0 Å². The van der Waals surface area contributed by atoms with Gasteiger partial charge in [-0.3, -0.25) is 0 Å². The van der Waals surface area contributed by atoms with E-state index in [1.54, 1.807) is 0 Å². The van der Waals surface area contributed by atoms with Crippen molar-refractivity contribution >= 4 is 24.8 Å². The largest absolute Gasteiger partial charge is 0.314 e. The van der Waals surface area contributed by atoms with Gasteiger partial charge in [0.2, 0.25) is 0 Å². The van der Waals surface area contributed by atoms with E-state index in [1.165, 1.54) is 19.4 Å². The van der Waals surface area contributed by atoms with E-state index in [0.717, 1.165) is 18.0 Å². The first-order valence-electron chi connectivity index (χ1n) is 4.17. The Bertz CT molecular complexity index is 141. The zero-order chi connectivity index (χ0) is 7.14. The molecular formula is C8H18Cl2N2. The predicted molar refractivity (Wildman–Crippen MR) is 56.5 cm³/mol. The van der Waals surface area contributed by atoms with Gasteiger partial charge >= 0.3 is 0 Å². The molecule has 2 nitrogen and oxygen atoms in total. The lowest BCUT2D eigenvalue weighted by Gasteiger charge is -2.28. The molecule has 0 aromatic rings. The summed E-state index contributed by atoms with van der Waals surface area (Å²) < 4.78 is 0. The molecule has 3 atom stereocenters. The van der Waals surface area contributed by atoms with Gasteiger partial charge in [-0.2, -0.15) is 0 Å². The van der Waals surface area contributed by atoms with Crippen molar-refractivity contribution in [2.45, 2.75) is 24.9 Å². The van der Waals surface area contributed by atoms with Crippen molar-refractivity contribution < 1.29 is 0 Å². The van der Waals surface area contributed by atoms with Gasteiger partial charge in [-0.05, 0) is 39.4 Å². The van der Waals surface area contributed by atoms with Crippen LogP contribution in [0.5, 0.6) is 0 Å². The molecular weight excluding hydrogens is 195 g/mol. The molecule has 0 aromatic heterocycles. The highest BCUT2D eigenvalue weighted by atomic mass is 35.5. The Hall–Kier alpha value is 0.500. The summed E-state index contributed by atoms with van der Waals surface area (Å²) in [5.41, 5.74) is 0. The summed E-state index contributed by atoms with van der Waals surface area (Å²) in [6, 6.07) is 1.71. The third-order valence-electron chi connectivity index (χ3n) is 2.99. The summed E-state index contributed by atoms with van der Waals surface area (Å²) in [6.07, 6.45) is 2.79. The number of rotatable bonds is 1. The Balaban J connectivity index is 0.000000605. The predicted octanol–water partition coefficient (Wildman–Crippen LogP) is 1.14. The SMILES string of the molecule is CN(C)C1CC2CC1CN2.Cl.Cl. The van der Waals surface area contributed by atoms with Crippen molar-refractivity contribution in [1.82, 2.24) is 10.2 Å². The third kappa shape index (κ3) is 2.05. The number of hydrogen-bond donors (Lipinski definition) is 1. The van der Waals surface area contributed by atoms with Gasteiger partial charge in [-0.15, -0.1) is 24.8 Å². The average Bonchev–Trinajstić information content (AvgIpc) is 2.44. The lowest BCUT2D eigenvalue weighted by atomic mass is 10.0. The highest BCUT2D eigenvalue weighted by molar-refractivity contribution is 5.85. The second-order valence-electron chi connectivity index (χ2n) is 3.87. The summed E-state index contributed by atoms with van der Waals surface area (Å²) in [4.78, 5) is 2.38. The van der Waals surface area contributed by atoms with Gasteiger partial charge in [0.15, 0.2) is 0 Å². The van der Waals surface area contributed by atoms with Gasteiger partial charge in [0.25, 0.3) is 0 Å². The summed E-state index contributed by atoms with van der Waals surface area (Å²) in [5, 5.41) is 3.51. The van der Waals surface area contributed by atoms with E-state index in [1.807, 2.05) is 0 Å². The maximum absolute atomic E-state index is 3.51. The van der Waals surface area contributed by atoms with Crippen molar-refractivity contribution in [3.63, 3.8) is 0 Å².